The molecule has 0 saturated carbocycles. The van der Waals surface area contributed by atoms with Gasteiger partial charge in [0.15, 0.2) is 5.65 Å². The lowest BCUT2D eigenvalue weighted by Gasteiger charge is -2.26. The Morgan fingerprint density at radius 3 is 2.68 bits per heavy atom. The molecular formula is C25H27Cl2N7O3S. The summed E-state index contributed by atoms with van der Waals surface area (Å²) in [6.45, 7) is 6.83. The Morgan fingerprint density at radius 1 is 1.13 bits per heavy atom. The van der Waals surface area contributed by atoms with Crippen molar-refractivity contribution in [2.24, 2.45) is 7.05 Å². The number of sulfonamides is 1. The maximum atomic E-state index is 13.0. The minimum atomic E-state index is -3.94. The number of aryl methyl sites for hydroxylation is 2. The lowest BCUT2D eigenvalue weighted by atomic mass is 10.1. The summed E-state index contributed by atoms with van der Waals surface area (Å²) in [6, 6.07) is 9.86. The van der Waals surface area contributed by atoms with Crippen LogP contribution in [0.25, 0.3) is 22.3 Å². The van der Waals surface area contributed by atoms with Crippen molar-refractivity contribution in [2.45, 2.75) is 11.8 Å². The number of aromatic nitrogens is 4. The smallest absolute Gasteiger partial charge is 0.263 e. The molecule has 2 N–H and O–H groups in total. The number of nitrogens with one attached hydrogen (secondary N) is 2. The van der Waals surface area contributed by atoms with Gasteiger partial charge in [-0.2, -0.15) is 10.1 Å². The number of hydrogen-bond acceptors (Lipinski definition) is 8. The molecular weight excluding hydrogens is 549 g/mol. The van der Waals surface area contributed by atoms with E-state index in [1.54, 1.807) is 23.0 Å². The fourth-order valence-electron chi connectivity index (χ4n) is 4.30. The van der Waals surface area contributed by atoms with E-state index in [0.717, 1.165) is 50.3 Å². The summed E-state index contributed by atoms with van der Waals surface area (Å²) in [6.07, 6.45) is 1.76. The number of morpholine rings is 1. The fraction of sp³-hybridized carbons (Fsp3) is 0.320. The summed E-state index contributed by atoms with van der Waals surface area (Å²) in [7, 11) is -2.11. The maximum Gasteiger partial charge on any atom is 0.263 e. The zero-order valence-electron chi connectivity index (χ0n) is 20.9. The molecule has 1 fully saturated rings. The minimum absolute atomic E-state index is 0.0224. The first-order valence-electron chi connectivity index (χ1n) is 12.0. The lowest BCUT2D eigenvalue weighted by Crippen LogP contribution is -2.39. The predicted molar refractivity (Wildman–Crippen MR) is 149 cm³/mol. The van der Waals surface area contributed by atoms with Gasteiger partial charge in [-0.3, -0.25) is 9.62 Å². The number of fused-ring (bicyclic) bond motifs is 1. The van der Waals surface area contributed by atoms with E-state index >= 15 is 0 Å². The average molecular weight is 577 g/mol. The zero-order valence-corrected chi connectivity index (χ0v) is 23.2. The molecule has 0 spiro atoms. The Kier molecular flexibility index (Phi) is 7.73. The number of ether oxygens (including phenoxy) is 1. The molecule has 2 aromatic heterocycles. The summed E-state index contributed by atoms with van der Waals surface area (Å²) in [4.78, 5) is 11.4. The van der Waals surface area contributed by atoms with Gasteiger partial charge >= 0.3 is 0 Å². The van der Waals surface area contributed by atoms with Gasteiger partial charge in [-0.05, 0) is 36.8 Å². The van der Waals surface area contributed by atoms with Crippen molar-refractivity contribution in [3.8, 4) is 11.3 Å². The zero-order chi connectivity index (χ0) is 26.9. The Labute approximate surface area is 231 Å². The Balaban J connectivity index is 1.34. The van der Waals surface area contributed by atoms with Crippen molar-refractivity contribution in [3.63, 3.8) is 0 Å². The van der Waals surface area contributed by atoms with Crippen LogP contribution >= 0.6 is 23.2 Å². The first kappa shape index (κ1) is 26.6. The van der Waals surface area contributed by atoms with Gasteiger partial charge in [0, 0.05) is 45.0 Å². The topological polar surface area (TPSA) is 114 Å². The Bertz CT molecular complexity index is 1590. The third kappa shape index (κ3) is 5.57. The van der Waals surface area contributed by atoms with Gasteiger partial charge < -0.3 is 10.1 Å². The van der Waals surface area contributed by atoms with E-state index in [-0.39, 0.29) is 14.9 Å². The molecule has 200 valence electrons. The SMILES string of the molecule is Cc1cc(-c2nn(C)c3nc(NCCN4CCOCC4)ncc23)ccc1NS(=O)(=O)c1cccc(Cl)c1Cl. The van der Waals surface area contributed by atoms with Crippen molar-refractivity contribution < 1.29 is 13.2 Å². The molecule has 0 amide bonds. The first-order chi connectivity index (χ1) is 18.2. The Hall–Kier alpha value is -2.96. The van der Waals surface area contributed by atoms with E-state index in [2.05, 4.69) is 30.0 Å². The normalized spacial score (nSPS) is 14.6. The van der Waals surface area contributed by atoms with Crippen LogP contribution in [-0.4, -0.2) is 72.5 Å². The fourth-order valence-corrected chi connectivity index (χ4v) is 6.20. The van der Waals surface area contributed by atoms with E-state index < -0.39 is 10.0 Å². The standard InChI is InChI=1S/C25H27Cl2N7O3S/c1-16-14-17(6-7-20(16)32-38(35,36)21-5-3-4-19(26)22(21)27)23-18-15-29-25(30-24(18)33(2)31-23)28-8-9-34-10-12-37-13-11-34/h3-7,14-15,32H,8-13H2,1-2H3,(H,28,29,30). The molecule has 1 aliphatic heterocycles. The van der Waals surface area contributed by atoms with Gasteiger partial charge in [0.05, 0.1) is 34.3 Å². The largest absolute Gasteiger partial charge is 0.379 e. The van der Waals surface area contributed by atoms with Crippen LogP contribution in [-0.2, 0) is 21.8 Å². The molecule has 5 rings (SSSR count). The lowest BCUT2D eigenvalue weighted by molar-refractivity contribution is 0.0398. The molecule has 10 nitrogen and oxygen atoms in total. The molecule has 0 aliphatic carbocycles. The van der Waals surface area contributed by atoms with Gasteiger partial charge in [0.2, 0.25) is 5.95 Å². The number of rotatable bonds is 8. The second kappa shape index (κ2) is 11.0. The van der Waals surface area contributed by atoms with E-state index in [4.69, 9.17) is 27.9 Å². The molecule has 0 radical (unpaired) electrons. The average Bonchev–Trinajstić information content (AvgIpc) is 3.23. The second-order valence-electron chi connectivity index (χ2n) is 8.97. The van der Waals surface area contributed by atoms with Crippen molar-refractivity contribution in [2.75, 3.05) is 49.4 Å². The minimum Gasteiger partial charge on any atom is -0.379 e. The van der Waals surface area contributed by atoms with E-state index in [0.29, 0.717) is 28.5 Å². The molecule has 0 atom stereocenters. The van der Waals surface area contributed by atoms with Crippen LogP contribution in [0.2, 0.25) is 10.0 Å². The summed E-state index contributed by atoms with van der Waals surface area (Å²) >= 11 is 12.1. The molecule has 1 saturated heterocycles. The second-order valence-corrected chi connectivity index (χ2v) is 11.4. The molecule has 4 aromatic rings. The number of nitrogens with zero attached hydrogens (tertiary/aromatic N) is 5. The van der Waals surface area contributed by atoms with Crippen molar-refractivity contribution >= 4 is 55.9 Å². The molecule has 2 aromatic carbocycles. The monoisotopic (exact) mass is 575 g/mol. The highest BCUT2D eigenvalue weighted by Gasteiger charge is 2.21. The first-order valence-corrected chi connectivity index (χ1v) is 14.3. The number of benzene rings is 2. The highest BCUT2D eigenvalue weighted by molar-refractivity contribution is 7.92. The summed E-state index contributed by atoms with van der Waals surface area (Å²) in [5.74, 6) is 0.543. The van der Waals surface area contributed by atoms with Crippen molar-refractivity contribution in [1.82, 2.24) is 24.6 Å². The third-order valence-electron chi connectivity index (χ3n) is 6.34. The van der Waals surface area contributed by atoms with Crippen LogP contribution in [0.3, 0.4) is 0 Å². The highest BCUT2D eigenvalue weighted by Crippen LogP contribution is 2.33. The van der Waals surface area contributed by atoms with E-state index in [1.165, 1.54) is 18.2 Å². The van der Waals surface area contributed by atoms with Crippen LogP contribution in [0.15, 0.2) is 47.5 Å². The molecule has 13 heteroatoms. The van der Waals surface area contributed by atoms with Gasteiger partial charge in [-0.15, -0.1) is 0 Å². The third-order valence-corrected chi connectivity index (χ3v) is 8.68. The number of anilines is 2. The van der Waals surface area contributed by atoms with Gasteiger partial charge in [-0.1, -0.05) is 35.3 Å². The van der Waals surface area contributed by atoms with Crippen LogP contribution in [0.5, 0.6) is 0 Å². The highest BCUT2D eigenvalue weighted by atomic mass is 35.5. The Morgan fingerprint density at radius 2 is 1.92 bits per heavy atom. The molecule has 38 heavy (non-hydrogen) atoms. The molecule has 0 bridgehead atoms. The van der Waals surface area contributed by atoms with E-state index in [1.807, 2.05) is 20.0 Å². The van der Waals surface area contributed by atoms with Gasteiger partial charge in [-0.25, -0.2) is 18.1 Å². The molecule has 1 aliphatic rings. The van der Waals surface area contributed by atoms with Crippen LogP contribution in [0.4, 0.5) is 11.6 Å². The molecule has 0 unspecified atom stereocenters. The number of halogens is 2. The van der Waals surface area contributed by atoms with Crippen LogP contribution in [0, 0.1) is 6.92 Å². The van der Waals surface area contributed by atoms with Crippen molar-refractivity contribution in [3.05, 3.63) is 58.2 Å². The summed E-state index contributed by atoms with van der Waals surface area (Å²) < 4.78 is 35.6. The summed E-state index contributed by atoms with van der Waals surface area (Å²) in [5.41, 5.74) is 3.35. The quantitative estimate of drug-likeness (QED) is 0.321. The van der Waals surface area contributed by atoms with Crippen LogP contribution < -0.4 is 10.0 Å². The maximum absolute atomic E-state index is 13.0. The predicted octanol–water partition coefficient (Wildman–Crippen LogP) is 4.19. The van der Waals surface area contributed by atoms with Gasteiger partial charge in [0.1, 0.15) is 10.6 Å². The summed E-state index contributed by atoms with van der Waals surface area (Å²) in [5, 5.41) is 8.89. The molecule has 3 heterocycles. The van der Waals surface area contributed by atoms with Gasteiger partial charge in [0.25, 0.3) is 10.0 Å². The van der Waals surface area contributed by atoms with E-state index in [9.17, 15) is 8.42 Å². The van der Waals surface area contributed by atoms with Crippen LogP contribution in [0.1, 0.15) is 5.56 Å². The van der Waals surface area contributed by atoms with Crippen molar-refractivity contribution in [1.29, 1.82) is 0 Å². The number of hydrogen-bond donors (Lipinski definition) is 2.